The number of anilines is 3. The molecule has 3 aromatic rings. The monoisotopic (exact) mass is 378 g/mol. The molecule has 0 bridgehead atoms. The molecule has 8 heteroatoms. The second-order valence-corrected chi connectivity index (χ2v) is 6.53. The average molecular weight is 378 g/mol. The Bertz CT molecular complexity index is 935. The molecule has 0 radical (unpaired) electrons. The van der Waals surface area contributed by atoms with E-state index in [-0.39, 0.29) is 5.91 Å². The molecule has 1 aliphatic rings. The summed E-state index contributed by atoms with van der Waals surface area (Å²) in [5.41, 5.74) is 2.23. The van der Waals surface area contributed by atoms with E-state index in [0.717, 1.165) is 12.1 Å². The van der Waals surface area contributed by atoms with Gasteiger partial charge in [-0.15, -0.1) is 5.10 Å². The number of para-hydroxylation sites is 1. The fourth-order valence-corrected chi connectivity index (χ4v) is 3.24. The molecule has 1 fully saturated rings. The van der Waals surface area contributed by atoms with Gasteiger partial charge in [-0.2, -0.15) is 10.1 Å². The maximum atomic E-state index is 12.4. The molecule has 0 spiro atoms. The molecule has 2 aromatic heterocycles. The molecule has 144 valence electrons. The molecule has 3 heterocycles. The third-order valence-electron chi connectivity index (χ3n) is 4.79. The summed E-state index contributed by atoms with van der Waals surface area (Å²) in [7, 11) is 0. The lowest BCUT2D eigenvalue weighted by molar-refractivity contribution is 0.0714. The van der Waals surface area contributed by atoms with Crippen molar-refractivity contribution in [3.63, 3.8) is 0 Å². The number of hydrogen-bond acceptors (Lipinski definition) is 7. The Morgan fingerprint density at radius 3 is 2.71 bits per heavy atom. The van der Waals surface area contributed by atoms with Gasteiger partial charge in [-0.1, -0.05) is 25.1 Å². The Kier molecular flexibility index (Phi) is 5.18. The number of hydrogen-bond donors (Lipinski definition) is 1. The van der Waals surface area contributed by atoms with Crippen molar-refractivity contribution >= 4 is 23.4 Å². The number of aromatic nitrogens is 3. The van der Waals surface area contributed by atoms with Crippen molar-refractivity contribution < 1.29 is 9.21 Å². The van der Waals surface area contributed by atoms with Gasteiger partial charge in [0.1, 0.15) is 0 Å². The highest BCUT2D eigenvalue weighted by Crippen LogP contribution is 2.21. The highest BCUT2D eigenvalue weighted by molar-refractivity contribution is 5.91. The van der Waals surface area contributed by atoms with E-state index in [4.69, 9.17) is 4.42 Å². The summed E-state index contributed by atoms with van der Waals surface area (Å²) in [6.07, 6.45) is 4.06. The topological polar surface area (TPSA) is 87.4 Å². The predicted octanol–water partition coefficient (Wildman–Crippen LogP) is 2.73. The van der Waals surface area contributed by atoms with Gasteiger partial charge < -0.3 is 19.5 Å². The number of nitrogens with zero attached hydrogens (tertiary/aromatic N) is 5. The first-order valence-electron chi connectivity index (χ1n) is 9.37. The van der Waals surface area contributed by atoms with E-state index in [1.165, 1.54) is 11.8 Å². The molecule has 1 N–H and O–H groups in total. The number of carbonyl (C=O) groups excluding carboxylic acids is 1. The number of benzene rings is 1. The summed E-state index contributed by atoms with van der Waals surface area (Å²) >= 11 is 0. The number of aryl methyl sites for hydroxylation is 1. The van der Waals surface area contributed by atoms with Crippen LogP contribution < -0.4 is 10.2 Å². The van der Waals surface area contributed by atoms with Crippen LogP contribution in [0, 0.1) is 0 Å². The van der Waals surface area contributed by atoms with E-state index in [9.17, 15) is 4.79 Å². The molecule has 8 nitrogen and oxygen atoms in total. The van der Waals surface area contributed by atoms with Crippen molar-refractivity contribution in [3.8, 4) is 0 Å². The van der Waals surface area contributed by atoms with E-state index in [1.807, 2.05) is 23.1 Å². The lowest BCUT2D eigenvalue weighted by Gasteiger charge is -2.34. The van der Waals surface area contributed by atoms with Gasteiger partial charge in [0.2, 0.25) is 5.95 Å². The van der Waals surface area contributed by atoms with E-state index < -0.39 is 0 Å². The van der Waals surface area contributed by atoms with Crippen molar-refractivity contribution in [2.24, 2.45) is 0 Å². The van der Waals surface area contributed by atoms with Gasteiger partial charge in [0.15, 0.2) is 11.6 Å². The Morgan fingerprint density at radius 2 is 1.96 bits per heavy atom. The van der Waals surface area contributed by atoms with Crippen LogP contribution in [0.2, 0.25) is 0 Å². The zero-order chi connectivity index (χ0) is 19.3. The molecule has 0 atom stereocenters. The van der Waals surface area contributed by atoms with Crippen LogP contribution in [0.1, 0.15) is 23.0 Å². The second-order valence-electron chi connectivity index (χ2n) is 6.53. The van der Waals surface area contributed by atoms with Crippen molar-refractivity contribution in [2.75, 3.05) is 36.4 Å². The van der Waals surface area contributed by atoms with Crippen molar-refractivity contribution in [1.29, 1.82) is 0 Å². The molecule has 4 rings (SSSR count). The fraction of sp³-hybridized carbons (Fsp3) is 0.300. The van der Waals surface area contributed by atoms with Gasteiger partial charge in [-0.25, -0.2) is 0 Å². The van der Waals surface area contributed by atoms with Crippen molar-refractivity contribution in [2.45, 2.75) is 13.3 Å². The molecular weight excluding hydrogens is 356 g/mol. The van der Waals surface area contributed by atoms with Crippen LogP contribution in [0.25, 0.3) is 0 Å². The van der Waals surface area contributed by atoms with Crippen LogP contribution in [-0.2, 0) is 6.42 Å². The first-order chi connectivity index (χ1) is 13.7. The summed E-state index contributed by atoms with van der Waals surface area (Å²) in [6.45, 7) is 4.57. The molecule has 0 saturated carbocycles. The first kappa shape index (κ1) is 18.0. The number of piperazine rings is 1. The number of nitrogens with one attached hydrogen (secondary N) is 1. The third-order valence-corrected chi connectivity index (χ3v) is 4.79. The smallest absolute Gasteiger partial charge is 0.289 e. The summed E-state index contributed by atoms with van der Waals surface area (Å²) < 4.78 is 5.20. The summed E-state index contributed by atoms with van der Waals surface area (Å²) in [6, 6.07) is 11.5. The van der Waals surface area contributed by atoms with Crippen LogP contribution >= 0.6 is 0 Å². The van der Waals surface area contributed by atoms with Gasteiger partial charge in [-0.05, 0) is 30.2 Å². The highest BCUT2D eigenvalue weighted by atomic mass is 16.3. The minimum Gasteiger partial charge on any atom is -0.459 e. The fourth-order valence-electron chi connectivity index (χ4n) is 3.24. The molecule has 0 unspecified atom stereocenters. The van der Waals surface area contributed by atoms with Crippen LogP contribution in [0.5, 0.6) is 0 Å². The Balaban J connectivity index is 1.42. The Morgan fingerprint density at radius 1 is 1.14 bits per heavy atom. The summed E-state index contributed by atoms with van der Waals surface area (Å²) in [5.74, 6) is 1.49. The van der Waals surface area contributed by atoms with Gasteiger partial charge in [0.05, 0.1) is 12.5 Å². The van der Waals surface area contributed by atoms with Gasteiger partial charge in [-0.3, -0.25) is 4.79 Å². The number of amides is 1. The number of carbonyl (C=O) groups is 1. The first-order valence-corrected chi connectivity index (χ1v) is 9.37. The standard InChI is InChI=1S/C20H22N6O2/c1-2-15-6-3-4-7-16(15)22-18-14-21-24-20(23-18)26-11-9-25(10-12-26)19(27)17-8-5-13-28-17/h3-8,13-14H,2,9-12H2,1H3,(H,22,23,24). The number of rotatable bonds is 5. The van der Waals surface area contributed by atoms with Gasteiger partial charge in [0.25, 0.3) is 5.91 Å². The molecule has 1 saturated heterocycles. The Labute approximate surface area is 163 Å². The molecule has 0 aliphatic carbocycles. The quantitative estimate of drug-likeness (QED) is 0.730. The minimum absolute atomic E-state index is 0.0877. The van der Waals surface area contributed by atoms with Crippen molar-refractivity contribution in [3.05, 3.63) is 60.2 Å². The van der Waals surface area contributed by atoms with Crippen molar-refractivity contribution in [1.82, 2.24) is 20.1 Å². The zero-order valence-corrected chi connectivity index (χ0v) is 15.7. The average Bonchev–Trinajstić information content (AvgIpc) is 3.29. The van der Waals surface area contributed by atoms with E-state index in [2.05, 4.69) is 33.5 Å². The van der Waals surface area contributed by atoms with E-state index >= 15 is 0 Å². The van der Waals surface area contributed by atoms with E-state index in [1.54, 1.807) is 23.2 Å². The minimum atomic E-state index is -0.0877. The molecular formula is C20H22N6O2. The maximum absolute atomic E-state index is 12.4. The summed E-state index contributed by atoms with van der Waals surface area (Å²) in [5, 5.41) is 11.6. The number of furan rings is 1. The van der Waals surface area contributed by atoms with Crippen LogP contribution in [0.4, 0.5) is 17.5 Å². The SMILES string of the molecule is CCc1ccccc1Nc1cnnc(N2CCN(C(=O)c3ccco3)CC2)n1. The van der Waals surface area contributed by atoms with Gasteiger partial charge >= 0.3 is 0 Å². The molecule has 1 aromatic carbocycles. The largest absolute Gasteiger partial charge is 0.459 e. The normalized spacial score (nSPS) is 14.2. The van der Waals surface area contributed by atoms with Crippen LogP contribution in [0.15, 0.2) is 53.3 Å². The van der Waals surface area contributed by atoms with Crippen LogP contribution in [-0.4, -0.2) is 52.2 Å². The lowest BCUT2D eigenvalue weighted by atomic mass is 10.1. The lowest BCUT2D eigenvalue weighted by Crippen LogP contribution is -2.49. The maximum Gasteiger partial charge on any atom is 0.289 e. The highest BCUT2D eigenvalue weighted by Gasteiger charge is 2.25. The van der Waals surface area contributed by atoms with E-state index in [0.29, 0.717) is 43.7 Å². The second kappa shape index (κ2) is 8.08. The molecule has 1 aliphatic heterocycles. The molecule has 28 heavy (non-hydrogen) atoms. The van der Waals surface area contributed by atoms with Gasteiger partial charge in [0, 0.05) is 31.9 Å². The molecule has 1 amide bonds. The zero-order valence-electron chi connectivity index (χ0n) is 15.7. The Hall–Kier alpha value is -3.42. The summed E-state index contributed by atoms with van der Waals surface area (Å²) in [4.78, 5) is 20.8. The third kappa shape index (κ3) is 3.80. The van der Waals surface area contributed by atoms with Crippen LogP contribution in [0.3, 0.4) is 0 Å². The predicted molar refractivity (Wildman–Crippen MR) is 106 cm³/mol.